The van der Waals surface area contributed by atoms with E-state index in [1.54, 1.807) is 0 Å². The van der Waals surface area contributed by atoms with E-state index in [1.165, 1.54) is 38.5 Å². The Kier molecular flexibility index (Phi) is 19.4. The van der Waals surface area contributed by atoms with Crippen LogP contribution in [0.15, 0.2) is 0 Å². The van der Waals surface area contributed by atoms with Crippen LogP contribution in [0.4, 0.5) is 0 Å². The third kappa shape index (κ3) is 14.2. The Labute approximate surface area is 220 Å². The number of carbonyl (C=O) groups excluding carboxylic acids is 3. The van der Waals surface area contributed by atoms with E-state index in [4.69, 9.17) is 14.2 Å². The summed E-state index contributed by atoms with van der Waals surface area (Å²) in [6.45, 7) is 7.70. The molecule has 36 heavy (non-hydrogen) atoms. The summed E-state index contributed by atoms with van der Waals surface area (Å²) in [7, 11) is 0. The summed E-state index contributed by atoms with van der Waals surface area (Å²) in [6, 6.07) is 0. The predicted octanol–water partition coefficient (Wildman–Crippen LogP) is 7.56. The van der Waals surface area contributed by atoms with Gasteiger partial charge in [-0.25, -0.2) is 0 Å². The summed E-state index contributed by atoms with van der Waals surface area (Å²) in [6.07, 6.45) is 17.5. The van der Waals surface area contributed by atoms with Crippen LogP contribution >= 0.6 is 0 Å². The van der Waals surface area contributed by atoms with Crippen LogP contribution < -0.4 is 0 Å². The molecule has 1 aliphatic rings. The standard InChI is InChI=1S/C30H54O6/c1-4-7-10-13-16-21-34-28(31)25-19-20-26(29(32)35-22-17-14-11-8-5-2)27(24-25)30(33)36-23-18-15-12-9-6-3/h25-27H,4-24H2,1-3H3. The monoisotopic (exact) mass is 510 g/mol. The fraction of sp³-hybridized carbons (Fsp3) is 0.900. The Balaban J connectivity index is 2.58. The second-order valence-corrected chi connectivity index (χ2v) is 10.5. The molecule has 0 aliphatic heterocycles. The van der Waals surface area contributed by atoms with Gasteiger partial charge >= 0.3 is 17.9 Å². The summed E-state index contributed by atoms with van der Waals surface area (Å²) in [5, 5.41) is 0. The number of hydrogen-bond donors (Lipinski definition) is 0. The maximum absolute atomic E-state index is 13.0. The minimum absolute atomic E-state index is 0.245. The number of hydrogen-bond acceptors (Lipinski definition) is 6. The number of unbranched alkanes of at least 4 members (excludes halogenated alkanes) is 12. The summed E-state index contributed by atoms with van der Waals surface area (Å²) in [5.41, 5.74) is 0. The average Bonchev–Trinajstić information content (AvgIpc) is 2.89. The van der Waals surface area contributed by atoms with Crippen LogP contribution in [0.25, 0.3) is 0 Å². The van der Waals surface area contributed by atoms with Gasteiger partial charge in [0.25, 0.3) is 0 Å². The van der Waals surface area contributed by atoms with Gasteiger partial charge in [-0.05, 0) is 38.5 Å². The molecule has 6 heteroatoms. The molecule has 1 fully saturated rings. The molecular weight excluding hydrogens is 456 g/mol. The summed E-state index contributed by atoms with van der Waals surface area (Å²) >= 11 is 0. The van der Waals surface area contributed by atoms with Crippen molar-refractivity contribution in [1.82, 2.24) is 0 Å². The number of rotatable bonds is 21. The van der Waals surface area contributed by atoms with Crippen LogP contribution in [0.5, 0.6) is 0 Å². The van der Waals surface area contributed by atoms with Gasteiger partial charge in [0.15, 0.2) is 0 Å². The van der Waals surface area contributed by atoms with E-state index >= 15 is 0 Å². The lowest BCUT2D eigenvalue weighted by molar-refractivity contribution is -0.167. The quantitative estimate of drug-likeness (QED) is 0.0900. The van der Waals surface area contributed by atoms with Gasteiger partial charge < -0.3 is 14.2 Å². The van der Waals surface area contributed by atoms with Crippen LogP contribution in [0.1, 0.15) is 136 Å². The molecule has 0 spiro atoms. The lowest BCUT2D eigenvalue weighted by Crippen LogP contribution is -2.40. The Morgan fingerprint density at radius 2 is 0.889 bits per heavy atom. The molecule has 3 atom stereocenters. The minimum atomic E-state index is -0.635. The SMILES string of the molecule is CCCCCCCOC(=O)C1CCC(C(=O)OCCCCCCC)C(C(=O)OCCCCCCC)C1. The molecule has 6 nitrogen and oxygen atoms in total. The topological polar surface area (TPSA) is 78.9 Å². The largest absolute Gasteiger partial charge is 0.465 e. The van der Waals surface area contributed by atoms with Crippen LogP contribution in [0.2, 0.25) is 0 Å². The van der Waals surface area contributed by atoms with Gasteiger partial charge in [-0.15, -0.1) is 0 Å². The summed E-state index contributed by atoms with van der Waals surface area (Å²) in [5.74, 6) is -2.47. The van der Waals surface area contributed by atoms with Crippen LogP contribution in [-0.4, -0.2) is 37.7 Å². The molecule has 1 aliphatic carbocycles. The highest BCUT2D eigenvalue weighted by molar-refractivity contribution is 5.83. The van der Waals surface area contributed by atoms with Crippen molar-refractivity contribution >= 4 is 17.9 Å². The van der Waals surface area contributed by atoms with Crippen molar-refractivity contribution in [1.29, 1.82) is 0 Å². The smallest absolute Gasteiger partial charge is 0.309 e. The Morgan fingerprint density at radius 1 is 0.500 bits per heavy atom. The van der Waals surface area contributed by atoms with Gasteiger partial charge in [-0.3, -0.25) is 14.4 Å². The molecule has 0 saturated heterocycles. The zero-order chi connectivity index (χ0) is 26.4. The first-order valence-electron chi connectivity index (χ1n) is 15.0. The third-order valence-electron chi connectivity index (χ3n) is 7.27. The highest BCUT2D eigenvalue weighted by atomic mass is 16.5. The zero-order valence-corrected chi connectivity index (χ0v) is 23.5. The van der Waals surface area contributed by atoms with Crippen molar-refractivity contribution in [2.75, 3.05) is 19.8 Å². The molecular formula is C30H54O6. The van der Waals surface area contributed by atoms with E-state index in [9.17, 15) is 14.4 Å². The summed E-state index contributed by atoms with van der Waals surface area (Å²) in [4.78, 5) is 38.6. The lowest BCUT2D eigenvalue weighted by atomic mass is 9.74. The van der Waals surface area contributed by atoms with E-state index in [0.29, 0.717) is 39.1 Å². The van der Waals surface area contributed by atoms with Gasteiger partial charge in [-0.1, -0.05) is 97.8 Å². The van der Waals surface area contributed by atoms with Crippen molar-refractivity contribution in [3.05, 3.63) is 0 Å². The molecule has 3 unspecified atom stereocenters. The Bertz CT molecular complexity index is 590. The molecule has 1 saturated carbocycles. The molecule has 0 heterocycles. The van der Waals surface area contributed by atoms with Crippen molar-refractivity contribution in [3.8, 4) is 0 Å². The second kappa shape index (κ2) is 21.5. The molecule has 1 rings (SSSR count). The van der Waals surface area contributed by atoms with Crippen molar-refractivity contribution in [2.24, 2.45) is 17.8 Å². The lowest BCUT2D eigenvalue weighted by Gasteiger charge is -2.32. The normalized spacial score (nSPS) is 19.6. The first-order valence-corrected chi connectivity index (χ1v) is 15.0. The molecule has 0 aromatic carbocycles. The number of esters is 3. The molecule has 0 bridgehead atoms. The fourth-order valence-electron chi connectivity index (χ4n) is 4.89. The van der Waals surface area contributed by atoms with E-state index in [2.05, 4.69) is 20.8 Å². The van der Waals surface area contributed by atoms with Gasteiger partial charge in [0.2, 0.25) is 0 Å². The van der Waals surface area contributed by atoms with Gasteiger partial charge in [-0.2, -0.15) is 0 Å². The van der Waals surface area contributed by atoms with Crippen molar-refractivity contribution < 1.29 is 28.6 Å². The van der Waals surface area contributed by atoms with Crippen LogP contribution in [0.3, 0.4) is 0 Å². The van der Waals surface area contributed by atoms with Gasteiger partial charge in [0.1, 0.15) is 0 Å². The Hall–Kier alpha value is -1.59. The number of ether oxygens (including phenoxy) is 3. The van der Waals surface area contributed by atoms with Crippen LogP contribution in [0, 0.1) is 17.8 Å². The van der Waals surface area contributed by atoms with Crippen molar-refractivity contribution in [2.45, 2.75) is 136 Å². The van der Waals surface area contributed by atoms with E-state index in [0.717, 1.165) is 57.8 Å². The summed E-state index contributed by atoms with van der Waals surface area (Å²) < 4.78 is 16.7. The average molecular weight is 511 g/mol. The van der Waals surface area contributed by atoms with Crippen molar-refractivity contribution in [3.63, 3.8) is 0 Å². The molecule has 0 aromatic heterocycles. The highest BCUT2D eigenvalue weighted by Crippen LogP contribution is 2.36. The van der Waals surface area contributed by atoms with E-state index < -0.39 is 11.8 Å². The highest BCUT2D eigenvalue weighted by Gasteiger charge is 2.43. The van der Waals surface area contributed by atoms with Gasteiger partial charge in [0.05, 0.1) is 37.6 Å². The maximum Gasteiger partial charge on any atom is 0.309 e. The zero-order valence-electron chi connectivity index (χ0n) is 23.5. The predicted molar refractivity (Wildman–Crippen MR) is 143 cm³/mol. The second-order valence-electron chi connectivity index (χ2n) is 10.5. The minimum Gasteiger partial charge on any atom is -0.465 e. The maximum atomic E-state index is 13.0. The van der Waals surface area contributed by atoms with E-state index in [-0.39, 0.29) is 23.8 Å². The molecule has 0 radical (unpaired) electrons. The Morgan fingerprint density at radius 3 is 1.33 bits per heavy atom. The van der Waals surface area contributed by atoms with Crippen LogP contribution in [-0.2, 0) is 28.6 Å². The molecule has 0 N–H and O–H groups in total. The first-order chi connectivity index (χ1) is 17.5. The first kappa shape index (κ1) is 32.4. The fourth-order valence-corrected chi connectivity index (χ4v) is 4.89. The van der Waals surface area contributed by atoms with E-state index in [1.807, 2.05) is 0 Å². The molecule has 210 valence electrons. The third-order valence-corrected chi connectivity index (χ3v) is 7.27. The molecule has 0 amide bonds. The molecule has 0 aromatic rings. The number of carbonyl (C=O) groups is 3. The van der Waals surface area contributed by atoms with Gasteiger partial charge in [0, 0.05) is 0 Å².